The molecule has 1 saturated heterocycles. The van der Waals surface area contributed by atoms with Gasteiger partial charge < -0.3 is 10.1 Å². The Labute approximate surface area is 84.5 Å². The van der Waals surface area contributed by atoms with E-state index >= 15 is 0 Å². The molecule has 0 amide bonds. The lowest BCUT2D eigenvalue weighted by Gasteiger charge is -2.23. The number of pyridine rings is 1. The van der Waals surface area contributed by atoms with Crippen molar-refractivity contribution in [1.82, 2.24) is 10.3 Å². The second-order valence-electron chi connectivity index (χ2n) is 3.65. The summed E-state index contributed by atoms with van der Waals surface area (Å²) in [5.74, 6) is 0. The molecule has 76 valence electrons. The Hall–Kier alpha value is -0.930. The minimum Gasteiger partial charge on any atom is -0.380 e. The zero-order chi connectivity index (χ0) is 9.64. The van der Waals surface area contributed by atoms with E-state index in [0.717, 1.165) is 19.8 Å². The van der Waals surface area contributed by atoms with E-state index in [4.69, 9.17) is 4.74 Å². The smallest absolute Gasteiger partial charge is 0.0619 e. The molecule has 0 spiro atoms. The van der Waals surface area contributed by atoms with Crippen LogP contribution < -0.4 is 5.32 Å². The summed E-state index contributed by atoms with van der Waals surface area (Å²) in [7, 11) is 0. The highest BCUT2D eigenvalue weighted by atomic mass is 16.5. The van der Waals surface area contributed by atoms with Gasteiger partial charge in [0.25, 0.3) is 0 Å². The Morgan fingerprint density at radius 2 is 2.29 bits per heavy atom. The first kappa shape index (κ1) is 9.62. The van der Waals surface area contributed by atoms with Crippen molar-refractivity contribution < 1.29 is 4.74 Å². The summed E-state index contributed by atoms with van der Waals surface area (Å²) in [5.41, 5.74) is 1.28. The Kier molecular flexibility index (Phi) is 3.49. The summed E-state index contributed by atoms with van der Waals surface area (Å²) < 4.78 is 5.40. The van der Waals surface area contributed by atoms with Crippen LogP contribution in [0.5, 0.6) is 0 Å². The molecule has 0 radical (unpaired) electrons. The van der Waals surface area contributed by atoms with Crippen molar-refractivity contribution in [3.05, 3.63) is 30.1 Å². The number of ether oxygens (including phenoxy) is 1. The number of nitrogens with one attached hydrogen (secondary N) is 1. The lowest BCUT2D eigenvalue weighted by Crippen LogP contribution is -2.36. The molecule has 1 aromatic heterocycles. The zero-order valence-electron chi connectivity index (χ0n) is 8.28. The van der Waals surface area contributed by atoms with Gasteiger partial charge in [0.2, 0.25) is 0 Å². The number of aromatic nitrogens is 1. The predicted octanol–water partition coefficient (Wildman–Crippen LogP) is 1.35. The van der Waals surface area contributed by atoms with Gasteiger partial charge in [-0.1, -0.05) is 0 Å². The molecular weight excluding hydrogens is 176 g/mol. The highest BCUT2D eigenvalue weighted by molar-refractivity contribution is 5.09. The molecule has 2 heterocycles. The van der Waals surface area contributed by atoms with Crippen LogP contribution in [0.3, 0.4) is 0 Å². The average Bonchev–Trinajstić information content (AvgIpc) is 2.29. The second kappa shape index (κ2) is 5.08. The van der Waals surface area contributed by atoms with E-state index < -0.39 is 0 Å². The van der Waals surface area contributed by atoms with Crippen molar-refractivity contribution in [3.63, 3.8) is 0 Å². The topological polar surface area (TPSA) is 34.1 Å². The van der Waals surface area contributed by atoms with E-state index in [0.29, 0.717) is 6.04 Å². The lowest BCUT2D eigenvalue weighted by molar-refractivity contribution is 0.0699. The lowest BCUT2D eigenvalue weighted by atomic mass is 10.1. The Balaban J connectivity index is 1.76. The standard InChI is InChI=1S/C11H16N2O/c1-2-11(9-14-7-1)13-8-10-3-5-12-6-4-10/h3-6,11,13H,1-2,7-9H2/t11-/m1/s1. The summed E-state index contributed by atoms with van der Waals surface area (Å²) in [4.78, 5) is 3.99. The fraction of sp³-hybridized carbons (Fsp3) is 0.545. The summed E-state index contributed by atoms with van der Waals surface area (Å²) >= 11 is 0. The molecule has 2 rings (SSSR count). The Morgan fingerprint density at radius 1 is 1.43 bits per heavy atom. The molecule has 0 saturated carbocycles. The minimum atomic E-state index is 0.525. The molecule has 14 heavy (non-hydrogen) atoms. The third kappa shape index (κ3) is 2.79. The van der Waals surface area contributed by atoms with E-state index in [-0.39, 0.29) is 0 Å². The number of nitrogens with zero attached hydrogens (tertiary/aromatic N) is 1. The second-order valence-corrected chi connectivity index (χ2v) is 3.65. The molecule has 1 aromatic rings. The minimum absolute atomic E-state index is 0.525. The highest BCUT2D eigenvalue weighted by Gasteiger charge is 2.12. The number of hydrogen-bond donors (Lipinski definition) is 1. The number of hydrogen-bond acceptors (Lipinski definition) is 3. The van der Waals surface area contributed by atoms with E-state index in [1.54, 1.807) is 0 Å². The highest BCUT2D eigenvalue weighted by Crippen LogP contribution is 2.06. The summed E-state index contributed by atoms with van der Waals surface area (Å²) in [6.07, 6.45) is 6.06. The van der Waals surface area contributed by atoms with Gasteiger partial charge in [-0.25, -0.2) is 0 Å². The van der Waals surface area contributed by atoms with E-state index in [1.807, 2.05) is 24.5 Å². The Bertz CT molecular complexity index is 257. The molecule has 0 unspecified atom stereocenters. The van der Waals surface area contributed by atoms with E-state index in [1.165, 1.54) is 18.4 Å². The third-order valence-corrected chi connectivity index (χ3v) is 2.50. The summed E-state index contributed by atoms with van der Waals surface area (Å²) in [5, 5.41) is 3.49. The first-order chi connectivity index (χ1) is 6.95. The van der Waals surface area contributed by atoms with Gasteiger partial charge >= 0.3 is 0 Å². The molecule has 0 aliphatic carbocycles. The summed E-state index contributed by atoms with van der Waals surface area (Å²) in [6.45, 7) is 2.69. The number of rotatable bonds is 3. The quantitative estimate of drug-likeness (QED) is 0.785. The van der Waals surface area contributed by atoms with Crippen LogP contribution in [0.2, 0.25) is 0 Å². The molecule has 1 aliphatic rings. The SMILES string of the molecule is c1cc(CN[C@@H]2CCCOC2)ccn1. The fourth-order valence-corrected chi connectivity index (χ4v) is 1.66. The monoisotopic (exact) mass is 192 g/mol. The maximum absolute atomic E-state index is 5.40. The fourth-order valence-electron chi connectivity index (χ4n) is 1.66. The maximum Gasteiger partial charge on any atom is 0.0619 e. The average molecular weight is 192 g/mol. The van der Waals surface area contributed by atoms with E-state index in [9.17, 15) is 0 Å². The molecule has 1 N–H and O–H groups in total. The van der Waals surface area contributed by atoms with Gasteiger partial charge in [0.15, 0.2) is 0 Å². The van der Waals surface area contributed by atoms with Crippen molar-refractivity contribution in [2.75, 3.05) is 13.2 Å². The van der Waals surface area contributed by atoms with Gasteiger partial charge in [0.05, 0.1) is 6.61 Å². The largest absolute Gasteiger partial charge is 0.380 e. The van der Waals surface area contributed by atoms with Crippen LogP contribution in [0.1, 0.15) is 18.4 Å². The molecule has 1 aliphatic heterocycles. The molecule has 1 atom stereocenters. The first-order valence-corrected chi connectivity index (χ1v) is 5.15. The predicted molar refractivity (Wildman–Crippen MR) is 54.9 cm³/mol. The van der Waals surface area contributed by atoms with Gasteiger partial charge in [-0.05, 0) is 30.5 Å². The van der Waals surface area contributed by atoms with Crippen LogP contribution in [0.15, 0.2) is 24.5 Å². The summed E-state index contributed by atoms with van der Waals surface area (Å²) in [6, 6.07) is 4.60. The van der Waals surface area contributed by atoms with Crippen molar-refractivity contribution >= 4 is 0 Å². The van der Waals surface area contributed by atoms with Gasteiger partial charge in [-0.2, -0.15) is 0 Å². The first-order valence-electron chi connectivity index (χ1n) is 5.15. The van der Waals surface area contributed by atoms with Gasteiger partial charge in [-0.15, -0.1) is 0 Å². The van der Waals surface area contributed by atoms with Crippen LogP contribution in [0.25, 0.3) is 0 Å². The normalized spacial score (nSPS) is 22.1. The zero-order valence-corrected chi connectivity index (χ0v) is 8.28. The van der Waals surface area contributed by atoms with Gasteiger partial charge in [-0.3, -0.25) is 4.98 Å². The third-order valence-electron chi connectivity index (χ3n) is 2.50. The van der Waals surface area contributed by atoms with Crippen LogP contribution in [-0.4, -0.2) is 24.2 Å². The van der Waals surface area contributed by atoms with Gasteiger partial charge in [0.1, 0.15) is 0 Å². The van der Waals surface area contributed by atoms with Crippen LogP contribution in [-0.2, 0) is 11.3 Å². The van der Waals surface area contributed by atoms with Crippen molar-refractivity contribution in [3.8, 4) is 0 Å². The van der Waals surface area contributed by atoms with Crippen molar-refractivity contribution in [2.24, 2.45) is 0 Å². The van der Waals surface area contributed by atoms with Crippen molar-refractivity contribution in [2.45, 2.75) is 25.4 Å². The maximum atomic E-state index is 5.40. The molecule has 3 nitrogen and oxygen atoms in total. The van der Waals surface area contributed by atoms with Crippen LogP contribution >= 0.6 is 0 Å². The molecule has 0 aromatic carbocycles. The molecule has 1 fully saturated rings. The Morgan fingerprint density at radius 3 is 3.00 bits per heavy atom. The van der Waals surface area contributed by atoms with Crippen LogP contribution in [0.4, 0.5) is 0 Å². The van der Waals surface area contributed by atoms with Crippen LogP contribution in [0, 0.1) is 0 Å². The van der Waals surface area contributed by atoms with E-state index in [2.05, 4.69) is 10.3 Å². The molecular formula is C11H16N2O. The molecule has 3 heteroatoms. The molecule has 0 bridgehead atoms. The van der Waals surface area contributed by atoms with Crippen molar-refractivity contribution in [1.29, 1.82) is 0 Å². The van der Waals surface area contributed by atoms with Gasteiger partial charge in [0, 0.05) is 31.6 Å².